The standard InChI is InChI=1S/C27H30ClN3O3/c1-17-5-8-22(15-25(17)28)31-19(3)24(18(2)29-31)16-26(32)30-13-11-21(12-14-30)27(33)20-6-9-23(34-4)10-7-20/h5-10,15,21H,11-14,16H2,1-4H3. The first-order valence-corrected chi connectivity index (χ1v) is 11.9. The smallest absolute Gasteiger partial charge is 0.227 e. The van der Waals surface area contributed by atoms with E-state index in [1.165, 1.54) is 0 Å². The summed E-state index contributed by atoms with van der Waals surface area (Å²) in [6.45, 7) is 7.05. The molecule has 1 fully saturated rings. The number of rotatable bonds is 6. The molecule has 0 atom stereocenters. The van der Waals surface area contributed by atoms with Crippen LogP contribution in [0.15, 0.2) is 42.5 Å². The number of Topliss-reactive ketones (excluding diaryl/α,β-unsaturated/α-hetero) is 1. The summed E-state index contributed by atoms with van der Waals surface area (Å²) in [7, 11) is 1.61. The van der Waals surface area contributed by atoms with Gasteiger partial charge in [-0.25, -0.2) is 4.68 Å². The minimum Gasteiger partial charge on any atom is -0.497 e. The van der Waals surface area contributed by atoms with Crippen LogP contribution in [0.25, 0.3) is 5.69 Å². The Morgan fingerprint density at radius 1 is 1.06 bits per heavy atom. The third-order valence-corrected chi connectivity index (χ3v) is 7.17. The van der Waals surface area contributed by atoms with Gasteiger partial charge in [-0.05, 0) is 75.6 Å². The molecule has 0 saturated carbocycles. The number of piperidine rings is 1. The van der Waals surface area contributed by atoms with E-state index in [1.54, 1.807) is 19.2 Å². The lowest BCUT2D eigenvalue weighted by Gasteiger charge is -2.31. The second-order valence-electron chi connectivity index (χ2n) is 8.92. The van der Waals surface area contributed by atoms with Crippen LogP contribution < -0.4 is 4.74 Å². The van der Waals surface area contributed by atoms with E-state index in [9.17, 15) is 9.59 Å². The Bertz CT molecular complexity index is 1210. The summed E-state index contributed by atoms with van der Waals surface area (Å²) in [6.07, 6.45) is 1.65. The van der Waals surface area contributed by atoms with Gasteiger partial charge in [0, 0.05) is 40.9 Å². The fraction of sp³-hybridized carbons (Fsp3) is 0.370. The minimum absolute atomic E-state index is 0.0602. The second kappa shape index (κ2) is 10.0. The molecule has 178 valence electrons. The van der Waals surface area contributed by atoms with Gasteiger partial charge >= 0.3 is 0 Å². The van der Waals surface area contributed by atoms with Crippen LogP contribution in [-0.2, 0) is 11.2 Å². The third-order valence-electron chi connectivity index (χ3n) is 6.76. The highest BCUT2D eigenvalue weighted by Gasteiger charge is 2.29. The van der Waals surface area contributed by atoms with Crippen LogP contribution in [0, 0.1) is 26.7 Å². The molecule has 6 nitrogen and oxygen atoms in total. The highest BCUT2D eigenvalue weighted by Crippen LogP contribution is 2.26. The summed E-state index contributed by atoms with van der Waals surface area (Å²) in [5, 5.41) is 5.35. The topological polar surface area (TPSA) is 64.4 Å². The number of nitrogens with zero attached hydrogens (tertiary/aromatic N) is 3. The zero-order chi connectivity index (χ0) is 24.4. The van der Waals surface area contributed by atoms with Crippen molar-refractivity contribution >= 4 is 23.3 Å². The molecule has 3 aromatic rings. The first kappa shape index (κ1) is 24.0. The van der Waals surface area contributed by atoms with Gasteiger partial charge in [-0.1, -0.05) is 17.7 Å². The highest BCUT2D eigenvalue weighted by atomic mass is 35.5. The maximum atomic E-state index is 13.1. The summed E-state index contributed by atoms with van der Waals surface area (Å²) < 4.78 is 7.02. The molecule has 1 aliphatic rings. The summed E-state index contributed by atoms with van der Waals surface area (Å²) >= 11 is 6.30. The summed E-state index contributed by atoms with van der Waals surface area (Å²) in [5.41, 5.74) is 5.31. The van der Waals surface area contributed by atoms with E-state index in [-0.39, 0.29) is 17.6 Å². The quantitative estimate of drug-likeness (QED) is 0.460. The number of aromatic nitrogens is 2. The van der Waals surface area contributed by atoms with Gasteiger partial charge in [0.05, 0.1) is 24.9 Å². The normalized spacial score (nSPS) is 14.3. The number of carbonyl (C=O) groups is 2. The van der Waals surface area contributed by atoms with Crippen molar-refractivity contribution in [3.05, 3.63) is 75.6 Å². The number of aryl methyl sites for hydroxylation is 2. The van der Waals surface area contributed by atoms with Crippen LogP contribution in [-0.4, -0.2) is 46.6 Å². The zero-order valence-corrected chi connectivity index (χ0v) is 20.9. The molecule has 4 rings (SSSR count). The molecule has 1 aliphatic heterocycles. The second-order valence-corrected chi connectivity index (χ2v) is 9.33. The predicted octanol–water partition coefficient (Wildman–Crippen LogP) is 5.12. The molecule has 34 heavy (non-hydrogen) atoms. The van der Waals surface area contributed by atoms with Crippen LogP contribution >= 0.6 is 11.6 Å². The number of amides is 1. The van der Waals surface area contributed by atoms with Crippen molar-refractivity contribution in [1.82, 2.24) is 14.7 Å². The molecular formula is C27H30ClN3O3. The Hall–Kier alpha value is -3.12. The van der Waals surface area contributed by atoms with Crippen LogP contribution in [0.5, 0.6) is 5.75 Å². The average Bonchev–Trinajstić information content (AvgIpc) is 3.13. The zero-order valence-electron chi connectivity index (χ0n) is 20.1. The number of hydrogen-bond donors (Lipinski definition) is 0. The van der Waals surface area contributed by atoms with Gasteiger partial charge in [-0.15, -0.1) is 0 Å². The van der Waals surface area contributed by atoms with E-state index in [1.807, 2.05) is 60.7 Å². The number of hydrogen-bond acceptors (Lipinski definition) is 4. The molecule has 1 aromatic heterocycles. The Labute approximate surface area is 205 Å². The fourth-order valence-corrected chi connectivity index (χ4v) is 4.72. The Morgan fingerprint density at radius 3 is 2.35 bits per heavy atom. The van der Waals surface area contributed by atoms with Crippen molar-refractivity contribution in [2.75, 3.05) is 20.2 Å². The van der Waals surface area contributed by atoms with Crippen molar-refractivity contribution in [2.45, 2.75) is 40.0 Å². The number of benzene rings is 2. The Kier molecular flexibility index (Phi) is 7.08. The first-order valence-electron chi connectivity index (χ1n) is 11.6. The number of halogens is 1. The number of methoxy groups -OCH3 is 1. The summed E-state index contributed by atoms with van der Waals surface area (Å²) in [4.78, 5) is 27.8. The first-order chi connectivity index (χ1) is 16.3. The van der Waals surface area contributed by atoms with E-state index < -0.39 is 0 Å². The van der Waals surface area contributed by atoms with Gasteiger partial charge in [0.25, 0.3) is 0 Å². The maximum absolute atomic E-state index is 13.1. The lowest BCUT2D eigenvalue weighted by molar-refractivity contribution is -0.131. The molecule has 2 aromatic carbocycles. The molecular weight excluding hydrogens is 450 g/mol. The van der Waals surface area contributed by atoms with Crippen molar-refractivity contribution in [1.29, 1.82) is 0 Å². The molecule has 0 bridgehead atoms. The third kappa shape index (κ3) is 4.87. The molecule has 0 N–H and O–H groups in total. The van der Waals surface area contributed by atoms with Gasteiger partial charge in [0.1, 0.15) is 5.75 Å². The van der Waals surface area contributed by atoms with Gasteiger partial charge in [0.2, 0.25) is 5.91 Å². The van der Waals surface area contributed by atoms with Crippen LogP contribution in [0.4, 0.5) is 0 Å². The van der Waals surface area contributed by atoms with E-state index in [0.29, 0.717) is 42.9 Å². The lowest BCUT2D eigenvalue weighted by atomic mass is 9.88. The molecule has 0 radical (unpaired) electrons. The Balaban J connectivity index is 1.40. The Morgan fingerprint density at radius 2 is 1.74 bits per heavy atom. The number of likely N-dealkylation sites (tertiary alicyclic amines) is 1. The van der Waals surface area contributed by atoms with Crippen LogP contribution in [0.1, 0.15) is 45.7 Å². The average molecular weight is 480 g/mol. The van der Waals surface area contributed by atoms with Crippen molar-refractivity contribution in [3.63, 3.8) is 0 Å². The lowest BCUT2D eigenvalue weighted by Crippen LogP contribution is -2.41. The van der Waals surface area contributed by atoms with E-state index >= 15 is 0 Å². The van der Waals surface area contributed by atoms with Crippen molar-refractivity contribution in [2.24, 2.45) is 5.92 Å². The van der Waals surface area contributed by atoms with Crippen molar-refractivity contribution in [3.8, 4) is 11.4 Å². The maximum Gasteiger partial charge on any atom is 0.227 e. The predicted molar refractivity (Wildman–Crippen MR) is 133 cm³/mol. The number of ketones is 1. The molecule has 7 heteroatoms. The van der Waals surface area contributed by atoms with Crippen molar-refractivity contribution < 1.29 is 14.3 Å². The van der Waals surface area contributed by atoms with E-state index in [4.69, 9.17) is 16.3 Å². The minimum atomic E-state index is -0.0602. The summed E-state index contributed by atoms with van der Waals surface area (Å²) in [5.74, 6) is 0.883. The number of ether oxygens (including phenoxy) is 1. The van der Waals surface area contributed by atoms with Gasteiger partial charge in [0.15, 0.2) is 5.78 Å². The van der Waals surface area contributed by atoms with Crippen LogP contribution in [0.2, 0.25) is 5.02 Å². The molecule has 1 saturated heterocycles. The van der Waals surface area contributed by atoms with Gasteiger partial charge in [-0.2, -0.15) is 5.10 Å². The van der Waals surface area contributed by atoms with E-state index in [2.05, 4.69) is 5.10 Å². The van der Waals surface area contributed by atoms with E-state index in [0.717, 1.165) is 34.0 Å². The summed E-state index contributed by atoms with van der Waals surface area (Å²) in [6, 6.07) is 13.1. The SMILES string of the molecule is COc1ccc(C(=O)C2CCN(C(=O)Cc3c(C)nn(-c4ccc(C)c(Cl)c4)c3C)CC2)cc1. The molecule has 0 aliphatic carbocycles. The van der Waals surface area contributed by atoms with Crippen LogP contribution in [0.3, 0.4) is 0 Å². The monoisotopic (exact) mass is 479 g/mol. The van der Waals surface area contributed by atoms with Gasteiger partial charge < -0.3 is 9.64 Å². The molecule has 0 unspecified atom stereocenters. The number of carbonyl (C=O) groups excluding carboxylic acids is 2. The molecule has 0 spiro atoms. The molecule has 2 heterocycles. The largest absolute Gasteiger partial charge is 0.497 e. The molecule has 1 amide bonds. The fourth-order valence-electron chi connectivity index (χ4n) is 4.54. The highest BCUT2D eigenvalue weighted by molar-refractivity contribution is 6.31. The van der Waals surface area contributed by atoms with Gasteiger partial charge in [-0.3, -0.25) is 9.59 Å².